The highest BCUT2D eigenvalue weighted by atomic mass is 16.5. The first-order valence-corrected chi connectivity index (χ1v) is 5.46. The molecule has 5 heteroatoms. The summed E-state index contributed by atoms with van der Waals surface area (Å²) in [6.07, 6.45) is 0.0566. The van der Waals surface area contributed by atoms with Crippen LogP contribution in [0.3, 0.4) is 0 Å². The van der Waals surface area contributed by atoms with Crippen molar-refractivity contribution < 1.29 is 19.1 Å². The van der Waals surface area contributed by atoms with Crippen molar-refractivity contribution in [2.75, 3.05) is 13.2 Å². The lowest BCUT2D eigenvalue weighted by Crippen LogP contribution is -2.12. The van der Waals surface area contributed by atoms with Crippen LogP contribution in [0.15, 0.2) is 18.2 Å². The van der Waals surface area contributed by atoms with Crippen LogP contribution in [0.5, 0.6) is 0 Å². The van der Waals surface area contributed by atoms with E-state index >= 15 is 0 Å². The Bertz CT molecular complexity index is 403. The third-order valence-corrected chi connectivity index (χ3v) is 1.92. The highest BCUT2D eigenvalue weighted by Crippen LogP contribution is 2.03. The van der Waals surface area contributed by atoms with E-state index in [4.69, 9.17) is 9.47 Å². The Morgan fingerprint density at radius 1 is 1.18 bits per heavy atom. The Labute approximate surface area is 99.8 Å². The fraction of sp³-hybridized carbons (Fsp3) is 0.417. The Balaban J connectivity index is 2.72. The Kier molecular flexibility index (Phi) is 5.13. The Morgan fingerprint density at radius 3 is 2.53 bits per heavy atom. The Morgan fingerprint density at radius 2 is 1.88 bits per heavy atom. The summed E-state index contributed by atoms with van der Waals surface area (Å²) in [4.78, 5) is 26.7. The van der Waals surface area contributed by atoms with Crippen LogP contribution in [0.2, 0.25) is 0 Å². The minimum absolute atomic E-state index is 0.0566. The first-order chi connectivity index (χ1) is 8.17. The second-order valence-corrected chi connectivity index (χ2v) is 3.22. The van der Waals surface area contributed by atoms with Gasteiger partial charge in [0.2, 0.25) is 0 Å². The number of carbonyl (C=O) groups excluding carboxylic acids is 2. The summed E-state index contributed by atoms with van der Waals surface area (Å²) < 4.78 is 9.62. The SMILES string of the molecule is CCOC(=O)Cc1cccc(C(=O)OCC)n1. The lowest BCUT2D eigenvalue weighted by Gasteiger charge is -2.04. The first kappa shape index (κ1) is 13.2. The molecule has 5 nitrogen and oxygen atoms in total. The summed E-state index contributed by atoms with van der Waals surface area (Å²) in [6, 6.07) is 4.88. The monoisotopic (exact) mass is 237 g/mol. The van der Waals surface area contributed by atoms with Gasteiger partial charge in [0.1, 0.15) is 5.69 Å². The predicted octanol–water partition coefficient (Wildman–Crippen LogP) is 1.36. The van der Waals surface area contributed by atoms with Crippen LogP contribution < -0.4 is 0 Å². The molecule has 0 N–H and O–H groups in total. The first-order valence-electron chi connectivity index (χ1n) is 5.46. The molecule has 1 heterocycles. The molecule has 0 saturated heterocycles. The van der Waals surface area contributed by atoms with Gasteiger partial charge in [-0.15, -0.1) is 0 Å². The predicted molar refractivity (Wildman–Crippen MR) is 60.5 cm³/mol. The van der Waals surface area contributed by atoms with Gasteiger partial charge in [0.25, 0.3) is 0 Å². The van der Waals surface area contributed by atoms with Gasteiger partial charge in [0.15, 0.2) is 0 Å². The lowest BCUT2D eigenvalue weighted by molar-refractivity contribution is -0.142. The molecule has 0 saturated carbocycles. The van der Waals surface area contributed by atoms with Gasteiger partial charge in [-0.3, -0.25) is 4.79 Å². The van der Waals surface area contributed by atoms with E-state index in [9.17, 15) is 9.59 Å². The minimum atomic E-state index is -0.488. The third kappa shape index (κ3) is 4.22. The van der Waals surface area contributed by atoms with Crippen LogP contribution >= 0.6 is 0 Å². The maximum atomic E-state index is 11.4. The van der Waals surface area contributed by atoms with Crippen molar-refractivity contribution in [3.8, 4) is 0 Å². The normalized spacial score (nSPS) is 9.76. The molecule has 0 spiro atoms. The molecular formula is C12H15NO4. The maximum absolute atomic E-state index is 11.4. The number of hydrogen-bond acceptors (Lipinski definition) is 5. The molecule has 0 aliphatic carbocycles. The second kappa shape index (κ2) is 6.62. The van der Waals surface area contributed by atoms with E-state index in [0.29, 0.717) is 18.9 Å². The molecule has 0 bridgehead atoms. The largest absolute Gasteiger partial charge is 0.466 e. The molecule has 0 atom stereocenters. The van der Waals surface area contributed by atoms with Crippen molar-refractivity contribution in [2.24, 2.45) is 0 Å². The van der Waals surface area contributed by atoms with Crippen LogP contribution in [0.4, 0.5) is 0 Å². The molecule has 0 amide bonds. The van der Waals surface area contributed by atoms with Crippen LogP contribution in [0.25, 0.3) is 0 Å². The minimum Gasteiger partial charge on any atom is -0.466 e. The zero-order chi connectivity index (χ0) is 12.7. The van der Waals surface area contributed by atoms with Crippen LogP contribution in [0, 0.1) is 0 Å². The van der Waals surface area contributed by atoms with Gasteiger partial charge in [-0.25, -0.2) is 9.78 Å². The molecule has 1 aromatic heterocycles. The topological polar surface area (TPSA) is 65.5 Å². The van der Waals surface area contributed by atoms with Crippen molar-refractivity contribution in [3.05, 3.63) is 29.6 Å². The summed E-state index contributed by atoms with van der Waals surface area (Å²) in [7, 11) is 0. The van der Waals surface area contributed by atoms with E-state index in [1.165, 1.54) is 0 Å². The van der Waals surface area contributed by atoms with E-state index < -0.39 is 5.97 Å². The molecular weight excluding hydrogens is 222 g/mol. The molecule has 0 unspecified atom stereocenters. The summed E-state index contributed by atoms with van der Waals surface area (Å²) in [5, 5.41) is 0. The van der Waals surface area contributed by atoms with Gasteiger partial charge < -0.3 is 9.47 Å². The van der Waals surface area contributed by atoms with Gasteiger partial charge in [0.05, 0.1) is 25.3 Å². The molecule has 92 valence electrons. The van der Waals surface area contributed by atoms with Crippen molar-refractivity contribution in [1.82, 2.24) is 4.98 Å². The molecule has 0 aromatic carbocycles. The zero-order valence-corrected chi connectivity index (χ0v) is 9.93. The highest BCUT2D eigenvalue weighted by molar-refractivity contribution is 5.87. The number of pyridine rings is 1. The van der Waals surface area contributed by atoms with E-state index in [1.54, 1.807) is 32.0 Å². The fourth-order valence-corrected chi connectivity index (χ4v) is 1.26. The summed E-state index contributed by atoms with van der Waals surface area (Å²) >= 11 is 0. The molecule has 0 radical (unpaired) electrons. The van der Waals surface area contributed by atoms with Gasteiger partial charge >= 0.3 is 11.9 Å². The number of carbonyl (C=O) groups is 2. The number of aromatic nitrogens is 1. The van der Waals surface area contributed by atoms with E-state index in [0.717, 1.165) is 0 Å². The number of hydrogen-bond donors (Lipinski definition) is 0. The van der Waals surface area contributed by atoms with Crippen LogP contribution in [0.1, 0.15) is 30.0 Å². The molecule has 0 aliphatic heterocycles. The highest BCUT2D eigenvalue weighted by Gasteiger charge is 2.10. The number of nitrogens with zero attached hydrogens (tertiary/aromatic N) is 1. The second-order valence-electron chi connectivity index (χ2n) is 3.22. The van der Waals surface area contributed by atoms with Crippen molar-refractivity contribution in [1.29, 1.82) is 0 Å². The molecule has 17 heavy (non-hydrogen) atoms. The summed E-state index contributed by atoms with van der Waals surface area (Å²) in [5.74, 6) is -0.848. The fourth-order valence-electron chi connectivity index (χ4n) is 1.26. The van der Waals surface area contributed by atoms with Crippen molar-refractivity contribution in [3.63, 3.8) is 0 Å². The number of ether oxygens (including phenoxy) is 2. The van der Waals surface area contributed by atoms with Gasteiger partial charge in [-0.1, -0.05) is 6.07 Å². The van der Waals surface area contributed by atoms with Crippen molar-refractivity contribution >= 4 is 11.9 Å². The van der Waals surface area contributed by atoms with Crippen LogP contribution in [-0.2, 0) is 20.7 Å². The maximum Gasteiger partial charge on any atom is 0.356 e. The average molecular weight is 237 g/mol. The average Bonchev–Trinajstić information content (AvgIpc) is 2.30. The van der Waals surface area contributed by atoms with E-state index in [1.807, 2.05) is 0 Å². The quantitative estimate of drug-likeness (QED) is 0.723. The van der Waals surface area contributed by atoms with Gasteiger partial charge in [-0.05, 0) is 26.0 Å². The summed E-state index contributed by atoms with van der Waals surface area (Å²) in [6.45, 7) is 4.08. The lowest BCUT2D eigenvalue weighted by atomic mass is 10.2. The number of esters is 2. The van der Waals surface area contributed by atoms with Crippen molar-refractivity contribution in [2.45, 2.75) is 20.3 Å². The zero-order valence-electron chi connectivity index (χ0n) is 9.93. The van der Waals surface area contributed by atoms with Crippen LogP contribution in [-0.4, -0.2) is 30.1 Å². The molecule has 0 fully saturated rings. The Hall–Kier alpha value is -1.91. The standard InChI is InChI=1S/C12H15NO4/c1-3-16-11(14)8-9-6-5-7-10(13-9)12(15)17-4-2/h5-7H,3-4,8H2,1-2H3. The van der Waals surface area contributed by atoms with Gasteiger partial charge in [0, 0.05) is 0 Å². The smallest absolute Gasteiger partial charge is 0.356 e. The van der Waals surface area contributed by atoms with Gasteiger partial charge in [-0.2, -0.15) is 0 Å². The molecule has 0 aliphatic rings. The number of rotatable bonds is 5. The van der Waals surface area contributed by atoms with E-state index in [2.05, 4.69) is 4.98 Å². The van der Waals surface area contributed by atoms with E-state index in [-0.39, 0.29) is 18.1 Å². The molecule has 1 aromatic rings. The summed E-state index contributed by atoms with van der Waals surface area (Å²) in [5.41, 5.74) is 0.697. The molecule has 1 rings (SSSR count). The third-order valence-electron chi connectivity index (χ3n) is 1.92.